The Morgan fingerprint density at radius 1 is 0.976 bits per heavy atom. The van der Waals surface area contributed by atoms with Gasteiger partial charge in [-0.1, -0.05) is 67.9 Å². The van der Waals surface area contributed by atoms with Gasteiger partial charge in [0, 0.05) is 28.8 Å². The average molecular weight is 551 g/mol. The van der Waals surface area contributed by atoms with Crippen molar-refractivity contribution in [2.75, 3.05) is 14.2 Å². The standard InChI is InChI=1S/C32H34N6O3/c1-5-6-15-29-28(19-22-11-10-14-25(18-22)32(39)40-3)30(33-21(2)38(29)41-4)24-16-17-26(23-12-8-7-9-13-23)27(20-24)31-34-36-37-35-31/h7-14,16-18,20-21H,5-6,15,19H2,1-4H3,(H,34,35,36,37). The van der Waals surface area contributed by atoms with E-state index >= 15 is 0 Å². The highest BCUT2D eigenvalue weighted by atomic mass is 16.7. The number of ether oxygens (including phenoxy) is 1. The van der Waals surface area contributed by atoms with E-state index in [1.165, 1.54) is 7.11 Å². The molecular weight excluding hydrogens is 516 g/mol. The second-order valence-corrected chi connectivity index (χ2v) is 9.88. The predicted molar refractivity (Wildman–Crippen MR) is 158 cm³/mol. The number of benzene rings is 3. The third kappa shape index (κ3) is 5.95. The van der Waals surface area contributed by atoms with Crippen LogP contribution in [0.2, 0.25) is 0 Å². The molecular formula is C32H34N6O3. The molecule has 41 heavy (non-hydrogen) atoms. The minimum atomic E-state index is -0.363. The first-order valence-electron chi connectivity index (χ1n) is 13.8. The van der Waals surface area contributed by atoms with E-state index in [0.29, 0.717) is 17.8 Å². The molecule has 4 aromatic rings. The van der Waals surface area contributed by atoms with Crippen molar-refractivity contribution in [1.82, 2.24) is 25.7 Å². The Hall–Kier alpha value is -4.63. The summed E-state index contributed by atoms with van der Waals surface area (Å²) in [6.45, 7) is 4.21. The van der Waals surface area contributed by atoms with Gasteiger partial charge in [0.05, 0.1) is 25.5 Å². The quantitative estimate of drug-likeness (QED) is 0.241. The first-order valence-corrected chi connectivity index (χ1v) is 13.8. The van der Waals surface area contributed by atoms with Crippen LogP contribution in [0.5, 0.6) is 0 Å². The van der Waals surface area contributed by atoms with E-state index in [2.05, 4.69) is 57.9 Å². The van der Waals surface area contributed by atoms with Crippen LogP contribution in [-0.2, 0) is 16.0 Å². The molecule has 0 amide bonds. The average Bonchev–Trinajstić information content (AvgIpc) is 3.56. The molecule has 0 fully saturated rings. The van der Waals surface area contributed by atoms with Gasteiger partial charge in [-0.25, -0.2) is 9.86 Å². The van der Waals surface area contributed by atoms with E-state index in [-0.39, 0.29) is 12.1 Å². The molecule has 1 aromatic heterocycles. The van der Waals surface area contributed by atoms with Crippen molar-refractivity contribution in [3.05, 3.63) is 101 Å². The summed E-state index contributed by atoms with van der Waals surface area (Å²) in [6.07, 6.45) is 3.21. The Balaban J connectivity index is 1.66. The van der Waals surface area contributed by atoms with Crippen LogP contribution in [0.3, 0.4) is 0 Å². The molecule has 1 N–H and O–H groups in total. The van der Waals surface area contributed by atoms with Crippen molar-refractivity contribution >= 4 is 11.7 Å². The first kappa shape index (κ1) is 27.9. The molecule has 9 nitrogen and oxygen atoms in total. The second-order valence-electron chi connectivity index (χ2n) is 9.88. The fourth-order valence-electron chi connectivity index (χ4n) is 5.27. The fraction of sp³-hybridized carbons (Fsp3) is 0.281. The van der Waals surface area contributed by atoms with Crippen LogP contribution in [0, 0.1) is 0 Å². The maximum atomic E-state index is 12.3. The SMILES string of the molecule is CCCCC1=C(Cc2cccc(C(=O)OC)c2)C(c2ccc(-c3ccccc3)c(-c3nn[nH]n3)c2)=NC(C)N1OC. The monoisotopic (exact) mass is 550 g/mol. The molecule has 2 heterocycles. The van der Waals surface area contributed by atoms with E-state index in [4.69, 9.17) is 14.6 Å². The molecule has 1 aliphatic rings. The van der Waals surface area contributed by atoms with Gasteiger partial charge in [0.1, 0.15) is 6.17 Å². The number of nitrogens with zero attached hydrogens (tertiary/aromatic N) is 5. The summed E-state index contributed by atoms with van der Waals surface area (Å²) >= 11 is 0. The second kappa shape index (κ2) is 12.7. The molecule has 5 rings (SSSR count). The predicted octanol–water partition coefficient (Wildman–Crippen LogP) is 6.02. The van der Waals surface area contributed by atoms with Crippen LogP contribution in [0.25, 0.3) is 22.5 Å². The lowest BCUT2D eigenvalue weighted by Crippen LogP contribution is -2.37. The van der Waals surface area contributed by atoms with Gasteiger partial charge in [0.2, 0.25) is 5.82 Å². The number of hydroxylamine groups is 2. The van der Waals surface area contributed by atoms with Crippen molar-refractivity contribution in [2.24, 2.45) is 4.99 Å². The van der Waals surface area contributed by atoms with E-state index in [0.717, 1.165) is 64.1 Å². The third-order valence-electron chi connectivity index (χ3n) is 7.21. The van der Waals surface area contributed by atoms with E-state index in [1.54, 1.807) is 13.2 Å². The molecule has 1 unspecified atom stereocenters. The number of aromatic nitrogens is 4. The highest BCUT2D eigenvalue weighted by Crippen LogP contribution is 2.35. The summed E-state index contributed by atoms with van der Waals surface area (Å²) in [5, 5.41) is 16.9. The Kier molecular flexibility index (Phi) is 8.64. The van der Waals surface area contributed by atoms with Gasteiger partial charge < -0.3 is 4.74 Å². The Bertz CT molecular complexity index is 1560. The van der Waals surface area contributed by atoms with Crippen LogP contribution < -0.4 is 0 Å². The fourth-order valence-corrected chi connectivity index (χ4v) is 5.27. The summed E-state index contributed by atoms with van der Waals surface area (Å²) in [5.74, 6) is 0.147. The molecule has 1 aliphatic heterocycles. The number of esters is 1. The zero-order chi connectivity index (χ0) is 28.8. The normalized spacial score (nSPS) is 15.2. The number of carbonyl (C=O) groups is 1. The summed E-state index contributed by atoms with van der Waals surface area (Å²) < 4.78 is 4.97. The number of allylic oxidation sites excluding steroid dienone is 2. The van der Waals surface area contributed by atoms with Gasteiger partial charge >= 0.3 is 5.97 Å². The number of hydrogen-bond acceptors (Lipinski definition) is 8. The summed E-state index contributed by atoms with van der Waals surface area (Å²) in [7, 11) is 3.08. The molecule has 0 spiro atoms. The molecule has 0 bridgehead atoms. The minimum absolute atomic E-state index is 0.227. The lowest BCUT2D eigenvalue weighted by Gasteiger charge is -2.36. The van der Waals surface area contributed by atoms with Gasteiger partial charge in [-0.2, -0.15) is 5.21 Å². The van der Waals surface area contributed by atoms with Gasteiger partial charge in [-0.15, -0.1) is 10.2 Å². The molecule has 0 aliphatic carbocycles. The van der Waals surface area contributed by atoms with Crippen LogP contribution in [0.4, 0.5) is 0 Å². The highest BCUT2D eigenvalue weighted by molar-refractivity contribution is 6.14. The number of carbonyl (C=O) groups excluding carboxylic acids is 1. The first-order chi connectivity index (χ1) is 20.0. The van der Waals surface area contributed by atoms with Crippen molar-refractivity contribution in [1.29, 1.82) is 0 Å². The smallest absolute Gasteiger partial charge is 0.337 e. The topological polar surface area (TPSA) is 106 Å². The molecule has 3 aromatic carbocycles. The van der Waals surface area contributed by atoms with Crippen molar-refractivity contribution in [3.8, 4) is 22.5 Å². The Morgan fingerprint density at radius 2 is 1.80 bits per heavy atom. The van der Waals surface area contributed by atoms with Gasteiger partial charge in [-0.3, -0.25) is 9.83 Å². The van der Waals surface area contributed by atoms with Crippen LogP contribution in [0.1, 0.15) is 54.6 Å². The Labute approximate surface area is 239 Å². The van der Waals surface area contributed by atoms with Gasteiger partial charge in [0.25, 0.3) is 0 Å². The van der Waals surface area contributed by atoms with Crippen LogP contribution >= 0.6 is 0 Å². The van der Waals surface area contributed by atoms with Gasteiger partial charge in [-0.05, 0) is 59.9 Å². The zero-order valence-corrected chi connectivity index (χ0v) is 23.8. The largest absolute Gasteiger partial charge is 0.465 e. The molecule has 1 atom stereocenters. The zero-order valence-electron chi connectivity index (χ0n) is 23.8. The number of tetrazole rings is 1. The summed E-state index contributed by atoms with van der Waals surface area (Å²) in [4.78, 5) is 23.3. The number of H-pyrrole nitrogens is 1. The number of methoxy groups -OCH3 is 1. The van der Waals surface area contributed by atoms with Crippen molar-refractivity contribution in [3.63, 3.8) is 0 Å². The maximum absolute atomic E-state index is 12.3. The van der Waals surface area contributed by atoms with Crippen molar-refractivity contribution < 1.29 is 14.4 Å². The molecule has 0 radical (unpaired) electrons. The number of rotatable bonds is 10. The van der Waals surface area contributed by atoms with Crippen LogP contribution in [0.15, 0.2) is 89.1 Å². The molecule has 0 saturated heterocycles. The van der Waals surface area contributed by atoms with Crippen molar-refractivity contribution in [2.45, 2.75) is 45.7 Å². The van der Waals surface area contributed by atoms with E-state index < -0.39 is 0 Å². The lowest BCUT2D eigenvalue weighted by molar-refractivity contribution is -0.130. The number of unbranched alkanes of at least 4 members (excludes halogenated alkanes) is 1. The number of nitrogens with one attached hydrogen (secondary N) is 1. The molecule has 210 valence electrons. The number of aromatic amines is 1. The van der Waals surface area contributed by atoms with E-state index in [1.807, 2.05) is 48.4 Å². The third-order valence-corrected chi connectivity index (χ3v) is 7.21. The molecule has 9 heteroatoms. The number of hydrogen-bond donors (Lipinski definition) is 1. The maximum Gasteiger partial charge on any atom is 0.337 e. The summed E-state index contributed by atoms with van der Waals surface area (Å²) in [5.41, 5.74) is 8.37. The van der Waals surface area contributed by atoms with Gasteiger partial charge in [0.15, 0.2) is 0 Å². The summed E-state index contributed by atoms with van der Waals surface area (Å²) in [6, 6.07) is 24.0. The van der Waals surface area contributed by atoms with E-state index in [9.17, 15) is 4.79 Å². The Morgan fingerprint density at radius 3 is 2.51 bits per heavy atom. The lowest BCUT2D eigenvalue weighted by atomic mass is 9.88. The van der Waals surface area contributed by atoms with Crippen LogP contribution in [-0.4, -0.2) is 57.8 Å². The highest BCUT2D eigenvalue weighted by Gasteiger charge is 2.29. The molecule has 0 saturated carbocycles. The minimum Gasteiger partial charge on any atom is -0.465 e. The number of aliphatic imine (C=N–C) groups is 1.